The molecule has 7 nitrogen and oxygen atoms in total. The highest BCUT2D eigenvalue weighted by atomic mass is 16.5. The van der Waals surface area contributed by atoms with Gasteiger partial charge >= 0.3 is 0 Å². The number of ether oxygens (including phenoxy) is 3. The lowest BCUT2D eigenvalue weighted by Gasteiger charge is -2.08. The second kappa shape index (κ2) is 8.42. The summed E-state index contributed by atoms with van der Waals surface area (Å²) in [6, 6.07) is 12.9. The number of nitrogens with zero attached hydrogens (tertiary/aromatic N) is 1. The zero-order valence-corrected chi connectivity index (χ0v) is 16.8. The lowest BCUT2D eigenvalue weighted by atomic mass is 10.1. The molecule has 30 heavy (non-hydrogen) atoms. The topological polar surface area (TPSA) is 78.8 Å². The van der Waals surface area contributed by atoms with Crippen LogP contribution in [0.1, 0.15) is 15.9 Å². The van der Waals surface area contributed by atoms with Crippen molar-refractivity contribution in [2.75, 3.05) is 26.9 Å². The smallest absolute Gasteiger partial charge is 0.258 e. The minimum Gasteiger partial charge on any atom is -0.484 e. The Morgan fingerprint density at radius 1 is 1.23 bits per heavy atom. The summed E-state index contributed by atoms with van der Waals surface area (Å²) >= 11 is 0. The van der Waals surface area contributed by atoms with E-state index in [9.17, 15) is 9.59 Å². The SMILES string of the molecule is COCCNC(=O)COc1ccc2c(c1)OC(=Cc1cn(C)c3ccccc13)C2=O. The number of aromatic nitrogens is 1. The maximum atomic E-state index is 12.8. The Bertz CT molecular complexity index is 1150. The number of hydrogen-bond donors (Lipinski definition) is 1. The number of Topliss-reactive ketones (excluding diaryl/α,β-unsaturated/α-hetero) is 1. The van der Waals surface area contributed by atoms with Gasteiger partial charge in [0.15, 0.2) is 12.4 Å². The van der Waals surface area contributed by atoms with Crippen molar-refractivity contribution in [2.45, 2.75) is 0 Å². The molecule has 0 unspecified atom stereocenters. The maximum absolute atomic E-state index is 12.8. The molecule has 2 aromatic carbocycles. The molecule has 1 aliphatic heterocycles. The molecule has 1 amide bonds. The fourth-order valence-electron chi connectivity index (χ4n) is 3.38. The van der Waals surface area contributed by atoms with E-state index in [0.29, 0.717) is 30.2 Å². The largest absolute Gasteiger partial charge is 0.484 e. The molecule has 0 spiro atoms. The first-order valence-corrected chi connectivity index (χ1v) is 9.57. The van der Waals surface area contributed by atoms with Crippen molar-refractivity contribution in [1.82, 2.24) is 9.88 Å². The van der Waals surface area contributed by atoms with Gasteiger partial charge in [-0.15, -0.1) is 0 Å². The van der Waals surface area contributed by atoms with E-state index in [1.165, 1.54) is 0 Å². The average molecular weight is 406 g/mol. The molecule has 1 aromatic heterocycles. The lowest BCUT2D eigenvalue weighted by molar-refractivity contribution is -0.123. The second-order valence-electron chi connectivity index (χ2n) is 6.94. The van der Waals surface area contributed by atoms with Gasteiger partial charge in [0.05, 0.1) is 12.2 Å². The van der Waals surface area contributed by atoms with Crippen LogP contribution in [0.15, 0.2) is 54.4 Å². The Morgan fingerprint density at radius 3 is 2.90 bits per heavy atom. The number of para-hydroxylation sites is 1. The minimum absolute atomic E-state index is 0.130. The first-order chi connectivity index (χ1) is 14.6. The van der Waals surface area contributed by atoms with E-state index in [1.54, 1.807) is 31.4 Å². The normalized spacial score (nSPS) is 14.1. The molecule has 0 radical (unpaired) electrons. The molecule has 0 saturated heterocycles. The van der Waals surface area contributed by atoms with Crippen molar-refractivity contribution in [3.63, 3.8) is 0 Å². The van der Waals surface area contributed by atoms with Crippen molar-refractivity contribution in [3.05, 3.63) is 65.5 Å². The number of hydrogen-bond acceptors (Lipinski definition) is 5. The fourth-order valence-corrected chi connectivity index (χ4v) is 3.38. The number of nitrogens with one attached hydrogen (secondary N) is 1. The van der Waals surface area contributed by atoms with Crippen molar-refractivity contribution in [3.8, 4) is 11.5 Å². The van der Waals surface area contributed by atoms with Gasteiger partial charge in [-0.3, -0.25) is 9.59 Å². The van der Waals surface area contributed by atoms with E-state index in [4.69, 9.17) is 14.2 Å². The van der Waals surface area contributed by atoms with E-state index in [1.807, 2.05) is 42.1 Å². The summed E-state index contributed by atoms with van der Waals surface area (Å²) in [5.41, 5.74) is 2.46. The molecule has 4 rings (SSSR count). The Balaban J connectivity index is 1.49. The zero-order chi connectivity index (χ0) is 21.1. The van der Waals surface area contributed by atoms with Crippen LogP contribution < -0.4 is 14.8 Å². The minimum atomic E-state index is -0.249. The van der Waals surface area contributed by atoms with Crippen LogP contribution in [-0.4, -0.2) is 43.1 Å². The van der Waals surface area contributed by atoms with Gasteiger partial charge in [-0.05, 0) is 24.3 Å². The van der Waals surface area contributed by atoms with Crippen molar-refractivity contribution in [1.29, 1.82) is 0 Å². The molecule has 1 N–H and O–H groups in total. The third-order valence-corrected chi connectivity index (χ3v) is 4.85. The average Bonchev–Trinajstić information content (AvgIpc) is 3.23. The number of carbonyl (C=O) groups excluding carboxylic acids is 2. The lowest BCUT2D eigenvalue weighted by Crippen LogP contribution is -2.31. The third-order valence-electron chi connectivity index (χ3n) is 4.85. The number of benzene rings is 2. The third kappa shape index (κ3) is 3.92. The highest BCUT2D eigenvalue weighted by Gasteiger charge is 2.28. The van der Waals surface area contributed by atoms with Crippen molar-refractivity contribution < 1.29 is 23.8 Å². The fraction of sp³-hybridized carbons (Fsp3) is 0.217. The van der Waals surface area contributed by atoms with Gasteiger partial charge in [-0.2, -0.15) is 0 Å². The summed E-state index contributed by atoms with van der Waals surface area (Å²) in [5, 5.41) is 3.72. The first kappa shape index (κ1) is 19.7. The van der Waals surface area contributed by atoms with Crippen LogP contribution in [0.5, 0.6) is 11.5 Å². The van der Waals surface area contributed by atoms with E-state index >= 15 is 0 Å². The summed E-state index contributed by atoms with van der Waals surface area (Å²) in [4.78, 5) is 24.5. The second-order valence-corrected chi connectivity index (χ2v) is 6.94. The van der Waals surface area contributed by atoms with Crippen LogP contribution in [0.4, 0.5) is 0 Å². The molecule has 3 aromatic rings. The summed E-state index contributed by atoms with van der Waals surface area (Å²) < 4.78 is 18.2. The van der Waals surface area contributed by atoms with Gasteiger partial charge in [0, 0.05) is 49.4 Å². The molecule has 0 fully saturated rings. The molecule has 2 heterocycles. The van der Waals surface area contributed by atoms with Crippen molar-refractivity contribution in [2.24, 2.45) is 7.05 Å². The molecule has 0 saturated carbocycles. The number of ketones is 1. The summed E-state index contributed by atoms with van der Waals surface area (Å²) in [5.74, 6) is 0.706. The molecule has 0 atom stereocenters. The highest BCUT2D eigenvalue weighted by molar-refractivity contribution is 6.15. The standard InChI is InChI=1S/C23H22N2O5/c1-25-13-15(17-5-3-4-6-19(17)25)11-21-23(27)18-8-7-16(12-20(18)30-21)29-14-22(26)24-9-10-28-2/h3-8,11-13H,9-10,14H2,1-2H3,(H,24,26). The first-order valence-electron chi connectivity index (χ1n) is 9.57. The Kier molecular flexibility index (Phi) is 5.54. The number of rotatable bonds is 7. The Labute approximate surface area is 173 Å². The number of fused-ring (bicyclic) bond motifs is 2. The number of methoxy groups -OCH3 is 1. The molecular weight excluding hydrogens is 384 g/mol. The van der Waals surface area contributed by atoms with Crippen LogP contribution in [0.2, 0.25) is 0 Å². The van der Waals surface area contributed by atoms with Gasteiger partial charge in [0.25, 0.3) is 5.91 Å². The predicted octanol–water partition coefficient (Wildman–Crippen LogP) is 2.94. The number of carbonyl (C=O) groups is 2. The van der Waals surface area contributed by atoms with E-state index in [0.717, 1.165) is 16.5 Å². The van der Waals surface area contributed by atoms with Gasteiger partial charge < -0.3 is 24.1 Å². The quantitative estimate of drug-likeness (QED) is 0.482. The van der Waals surface area contributed by atoms with Crippen LogP contribution in [-0.2, 0) is 16.6 Å². The Morgan fingerprint density at radius 2 is 2.07 bits per heavy atom. The molecule has 0 aliphatic carbocycles. The van der Waals surface area contributed by atoms with E-state index in [2.05, 4.69) is 5.32 Å². The van der Waals surface area contributed by atoms with E-state index in [-0.39, 0.29) is 24.1 Å². The number of aryl methyl sites for hydroxylation is 1. The van der Waals surface area contributed by atoms with Gasteiger partial charge in [-0.1, -0.05) is 18.2 Å². The molecule has 154 valence electrons. The Hall–Kier alpha value is -3.58. The van der Waals surface area contributed by atoms with Crippen LogP contribution >= 0.6 is 0 Å². The summed E-state index contributed by atoms with van der Waals surface area (Å²) in [6.45, 7) is 0.727. The van der Waals surface area contributed by atoms with Crippen LogP contribution in [0, 0.1) is 0 Å². The van der Waals surface area contributed by atoms with Crippen molar-refractivity contribution >= 4 is 28.7 Å². The maximum Gasteiger partial charge on any atom is 0.258 e. The van der Waals surface area contributed by atoms with Crippen LogP contribution in [0.3, 0.4) is 0 Å². The van der Waals surface area contributed by atoms with Gasteiger partial charge in [0.1, 0.15) is 11.5 Å². The van der Waals surface area contributed by atoms with Gasteiger partial charge in [0.2, 0.25) is 5.78 Å². The van der Waals surface area contributed by atoms with Gasteiger partial charge in [-0.25, -0.2) is 0 Å². The van der Waals surface area contributed by atoms with Crippen LogP contribution in [0.25, 0.3) is 17.0 Å². The van der Waals surface area contributed by atoms with E-state index < -0.39 is 0 Å². The molecular formula is C23H22N2O5. The predicted molar refractivity (Wildman–Crippen MR) is 113 cm³/mol. The monoisotopic (exact) mass is 406 g/mol. The molecule has 0 bridgehead atoms. The number of amides is 1. The molecule has 7 heteroatoms. The number of allylic oxidation sites excluding steroid dienone is 1. The summed E-state index contributed by atoms with van der Waals surface area (Å²) in [6.07, 6.45) is 3.72. The molecule has 1 aliphatic rings. The summed E-state index contributed by atoms with van der Waals surface area (Å²) in [7, 11) is 3.53. The zero-order valence-electron chi connectivity index (χ0n) is 16.8. The highest BCUT2D eigenvalue weighted by Crippen LogP contribution is 2.35.